The lowest BCUT2D eigenvalue weighted by molar-refractivity contribution is 0.601. The Kier molecular flexibility index (Phi) is 6.00. The fourth-order valence-corrected chi connectivity index (χ4v) is 4.84. The summed E-state index contributed by atoms with van der Waals surface area (Å²) in [6.45, 7) is 1.96. The van der Waals surface area contributed by atoms with Crippen LogP contribution in [0.2, 0.25) is 10.0 Å². The monoisotopic (exact) mass is 472 g/mol. The Labute approximate surface area is 190 Å². The van der Waals surface area contributed by atoms with Crippen molar-refractivity contribution in [3.8, 4) is 0 Å². The Bertz CT molecular complexity index is 1350. The molecule has 1 heterocycles. The summed E-state index contributed by atoms with van der Waals surface area (Å²) in [5, 5.41) is 3.57. The zero-order valence-electron chi connectivity index (χ0n) is 16.4. The maximum atomic E-state index is 13.1. The summed E-state index contributed by atoms with van der Waals surface area (Å²) < 4.78 is 28.7. The second-order valence-electron chi connectivity index (χ2n) is 6.87. The zero-order valence-corrected chi connectivity index (χ0v) is 18.7. The van der Waals surface area contributed by atoms with Crippen LogP contribution in [0.1, 0.15) is 18.5 Å². The van der Waals surface area contributed by atoms with Gasteiger partial charge in [-0.15, -0.1) is 0 Å². The summed E-state index contributed by atoms with van der Waals surface area (Å²) >= 11 is 12.1. The van der Waals surface area contributed by atoms with E-state index in [1.807, 2.05) is 55.5 Å². The predicted octanol–water partition coefficient (Wildman–Crippen LogP) is 5.91. The van der Waals surface area contributed by atoms with E-state index in [2.05, 4.69) is 20.0 Å². The molecule has 0 fully saturated rings. The van der Waals surface area contributed by atoms with Gasteiger partial charge in [-0.3, -0.25) is 4.72 Å². The van der Waals surface area contributed by atoms with Crippen LogP contribution >= 0.6 is 23.2 Å². The van der Waals surface area contributed by atoms with Crippen LogP contribution in [0.4, 0.5) is 11.6 Å². The first-order valence-corrected chi connectivity index (χ1v) is 11.6. The lowest BCUT2D eigenvalue weighted by Gasteiger charge is -2.18. The van der Waals surface area contributed by atoms with Gasteiger partial charge in [-0.1, -0.05) is 65.7 Å². The van der Waals surface area contributed by atoms with Gasteiger partial charge in [0.25, 0.3) is 10.0 Å². The summed E-state index contributed by atoms with van der Waals surface area (Å²) in [6.07, 6.45) is 0. The molecule has 158 valence electrons. The topological polar surface area (TPSA) is 84.0 Å². The molecule has 0 unspecified atom stereocenters. The highest BCUT2D eigenvalue weighted by Crippen LogP contribution is 2.30. The molecule has 0 aliphatic heterocycles. The Balaban J connectivity index is 1.77. The van der Waals surface area contributed by atoms with Gasteiger partial charge in [0, 0.05) is 5.02 Å². The van der Waals surface area contributed by atoms with Crippen LogP contribution in [0.3, 0.4) is 0 Å². The molecule has 4 aromatic rings. The van der Waals surface area contributed by atoms with Crippen LogP contribution in [0, 0.1) is 0 Å². The molecule has 6 nitrogen and oxygen atoms in total. The Morgan fingerprint density at radius 3 is 2.13 bits per heavy atom. The van der Waals surface area contributed by atoms with Crippen molar-refractivity contribution in [2.45, 2.75) is 17.9 Å². The van der Waals surface area contributed by atoms with Gasteiger partial charge in [0.15, 0.2) is 11.6 Å². The Morgan fingerprint density at radius 1 is 0.839 bits per heavy atom. The van der Waals surface area contributed by atoms with E-state index in [1.54, 1.807) is 6.07 Å². The number of sulfonamides is 1. The first-order valence-electron chi connectivity index (χ1n) is 9.39. The van der Waals surface area contributed by atoms with Crippen LogP contribution in [0.5, 0.6) is 0 Å². The Morgan fingerprint density at radius 2 is 1.45 bits per heavy atom. The molecule has 4 rings (SSSR count). The van der Waals surface area contributed by atoms with Gasteiger partial charge in [0.2, 0.25) is 0 Å². The SMILES string of the molecule is C[C@@H](Nc1nc2ccccc2nc1NS(=O)(=O)c1cc(Cl)ccc1Cl)c1ccccc1. The van der Waals surface area contributed by atoms with Crippen molar-refractivity contribution in [3.63, 3.8) is 0 Å². The minimum Gasteiger partial charge on any atom is -0.360 e. The van der Waals surface area contributed by atoms with Crippen molar-refractivity contribution < 1.29 is 8.42 Å². The zero-order chi connectivity index (χ0) is 22.0. The van der Waals surface area contributed by atoms with Gasteiger partial charge < -0.3 is 5.32 Å². The first-order chi connectivity index (χ1) is 14.8. The molecule has 3 aromatic carbocycles. The van der Waals surface area contributed by atoms with Gasteiger partial charge in [-0.2, -0.15) is 0 Å². The fourth-order valence-electron chi connectivity index (χ4n) is 3.07. The number of nitrogens with zero attached hydrogens (tertiary/aromatic N) is 2. The standard InChI is InChI=1S/C22H18Cl2N4O2S/c1-14(15-7-3-2-4-8-15)25-21-22(27-19-10-6-5-9-18(19)26-21)28-31(29,30)20-13-16(23)11-12-17(20)24/h2-14H,1H3,(H,25,26)(H,27,28)/t14-/m1/s1. The number of rotatable bonds is 6. The third-order valence-corrected chi connectivity index (χ3v) is 6.69. The van der Waals surface area contributed by atoms with E-state index in [1.165, 1.54) is 18.2 Å². The number of anilines is 2. The number of hydrogen-bond acceptors (Lipinski definition) is 5. The molecule has 0 saturated carbocycles. The van der Waals surface area contributed by atoms with E-state index in [-0.39, 0.29) is 26.8 Å². The lowest BCUT2D eigenvalue weighted by atomic mass is 10.1. The molecule has 9 heteroatoms. The van der Waals surface area contributed by atoms with Gasteiger partial charge >= 0.3 is 0 Å². The molecule has 0 saturated heterocycles. The van der Waals surface area contributed by atoms with Crippen molar-refractivity contribution in [3.05, 3.63) is 88.4 Å². The smallest absolute Gasteiger partial charge is 0.264 e. The minimum atomic E-state index is -4.07. The second-order valence-corrected chi connectivity index (χ2v) is 9.36. The van der Waals surface area contributed by atoms with E-state index in [0.29, 0.717) is 16.9 Å². The van der Waals surface area contributed by atoms with Gasteiger partial charge in [-0.05, 0) is 42.8 Å². The summed E-state index contributed by atoms with van der Waals surface area (Å²) in [7, 11) is -4.07. The van der Waals surface area contributed by atoms with Gasteiger partial charge in [-0.25, -0.2) is 18.4 Å². The summed E-state index contributed by atoms with van der Waals surface area (Å²) in [5.74, 6) is 0.370. The molecular formula is C22H18Cl2N4O2S. The maximum absolute atomic E-state index is 13.1. The van der Waals surface area contributed by atoms with Crippen LogP contribution < -0.4 is 10.0 Å². The number of halogens is 2. The molecule has 0 amide bonds. The second kappa shape index (κ2) is 8.70. The van der Waals surface area contributed by atoms with E-state index in [0.717, 1.165) is 5.56 Å². The highest BCUT2D eigenvalue weighted by Gasteiger charge is 2.22. The van der Waals surface area contributed by atoms with Crippen LogP contribution in [0.15, 0.2) is 77.7 Å². The molecule has 1 aromatic heterocycles. The highest BCUT2D eigenvalue weighted by molar-refractivity contribution is 7.92. The third-order valence-electron chi connectivity index (χ3n) is 4.64. The molecule has 0 radical (unpaired) electrons. The number of fused-ring (bicyclic) bond motifs is 1. The van der Waals surface area contributed by atoms with E-state index in [9.17, 15) is 8.42 Å². The number of aromatic nitrogens is 2. The number of benzene rings is 3. The number of para-hydroxylation sites is 2. The fraction of sp³-hybridized carbons (Fsp3) is 0.0909. The summed E-state index contributed by atoms with van der Waals surface area (Å²) in [6, 6.07) is 21.1. The molecule has 2 N–H and O–H groups in total. The molecule has 31 heavy (non-hydrogen) atoms. The first kappa shape index (κ1) is 21.4. The van der Waals surface area contributed by atoms with Crippen LogP contribution in [-0.2, 0) is 10.0 Å². The average Bonchev–Trinajstić information content (AvgIpc) is 2.76. The normalized spacial score (nSPS) is 12.5. The molecule has 1 atom stereocenters. The minimum absolute atomic E-state index is 0.0535. The van der Waals surface area contributed by atoms with Gasteiger partial charge in [0.05, 0.1) is 22.1 Å². The van der Waals surface area contributed by atoms with Crippen molar-refractivity contribution in [2.75, 3.05) is 10.0 Å². The predicted molar refractivity (Wildman–Crippen MR) is 125 cm³/mol. The van der Waals surface area contributed by atoms with Crippen molar-refractivity contribution >= 4 is 55.9 Å². The number of hydrogen-bond donors (Lipinski definition) is 2. The van der Waals surface area contributed by atoms with E-state index in [4.69, 9.17) is 23.2 Å². The maximum Gasteiger partial charge on any atom is 0.264 e. The molecule has 0 aliphatic rings. The van der Waals surface area contributed by atoms with Gasteiger partial charge in [0.1, 0.15) is 4.90 Å². The van der Waals surface area contributed by atoms with Crippen LogP contribution in [0.25, 0.3) is 11.0 Å². The Hall–Kier alpha value is -2.87. The molecular weight excluding hydrogens is 455 g/mol. The average molecular weight is 473 g/mol. The van der Waals surface area contributed by atoms with Crippen molar-refractivity contribution in [1.82, 2.24) is 9.97 Å². The van der Waals surface area contributed by atoms with Crippen LogP contribution in [-0.4, -0.2) is 18.4 Å². The molecule has 0 bridgehead atoms. The molecule has 0 spiro atoms. The van der Waals surface area contributed by atoms with E-state index >= 15 is 0 Å². The summed E-state index contributed by atoms with van der Waals surface area (Å²) in [5.41, 5.74) is 2.20. The highest BCUT2D eigenvalue weighted by atomic mass is 35.5. The third kappa shape index (κ3) is 4.74. The van der Waals surface area contributed by atoms with E-state index < -0.39 is 10.0 Å². The lowest BCUT2D eigenvalue weighted by Crippen LogP contribution is -2.18. The molecule has 0 aliphatic carbocycles. The van der Waals surface area contributed by atoms with Crippen molar-refractivity contribution in [1.29, 1.82) is 0 Å². The van der Waals surface area contributed by atoms with Crippen molar-refractivity contribution in [2.24, 2.45) is 0 Å². The quantitative estimate of drug-likeness (QED) is 0.364. The number of nitrogens with one attached hydrogen (secondary N) is 2. The largest absolute Gasteiger partial charge is 0.360 e. The summed E-state index contributed by atoms with van der Waals surface area (Å²) in [4.78, 5) is 8.95.